The summed E-state index contributed by atoms with van der Waals surface area (Å²) in [7, 11) is 2.18. The Hall–Kier alpha value is -1.59. The zero-order valence-electron chi connectivity index (χ0n) is 11.2. The molecule has 0 saturated carbocycles. The van der Waals surface area contributed by atoms with Gasteiger partial charge in [0.1, 0.15) is 12.1 Å². The van der Waals surface area contributed by atoms with Crippen LogP contribution in [0.5, 0.6) is 5.75 Å². The summed E-state index contributed by atoms with van der Waals surface area (Å²) in [6.07, 6.45) is 4.88. The van der Waals surface area contributed by atoms with Crippen LogP contribution in [0.15, 0.2) is 29.3 Å². The van der Waals surface area contributed by atoms with Crippen molar-refractivity contribution in [3.8, 4) is 5.75 Å². The molecule has 0 amide bonds. The minimum atomic E-state index is 0.666. The van der Waals surface area contributed by atoms with Gasteiger partial charge in [-0.15, -0.1) is 0 Å². The summed E-state index contributed by atoms with van der Waals surface area (Å²) in [5.41, 5.74) is 2.64. The largest absolute Gasteiger partial charge is 0.494 e. The van der Waals surface area contributed by atoms with Gasteiger partial charge >= 0.3 is 0 Å². The van der Waals surface area contributed by atoms with E-state index in [9.17, 15) is 0 Å². The Morgan fingerprint density at radius 2 is 2.26 bits per heavy atom. The maximum absolute atomic E-state index is 8.40. The van der Waals surface area contributed by atoms with E-state index in [1.54, 1.807) is 0 Å². The van der Waals surface area contributed by atoms with Crippen molar-refractivity contribution in [2.45, 2.75) is 25.3 Å². The van der Waals surface area contributed by atoms with Gasteiger partial charge in [-0.05, 0) is 57.1 Å². The lowest BCUT2D eigenvalue weighted by atomic mass is 10.1. The monoisotopic (exact) mass is 263 g/mol. The summed E-state index contributed by atoms with van der Waals surface area (Å²) in [6.45, 7) is 1.95. The van der Waals surface area contributed by atoms with Crippen LogP contribution < -0.4 is 10.2 Å². The van der Waals surface area contributed by atoms with Gasteiger partial charge in [-0.2, -0.15) is 0 Å². The summed E-state index contributed by atoms with van der Waals surface area (Å²) in [4.78, 5) is 6.38. The summed E-state index contributed by atoms with van der Waals surface area (Å²) in [5.74, 6) is 0.858. The van der Waals surface area contributed by atoms with Crippen LogP contribution in [0, 0.1) is 0 Å². The zero-order valence-corrected chi connectivity index (χ0v) is 11.2. The second kappa shape index (κ2) is 7.11. The van der Waals surface area contributed by atoms with E-state index in [1.807, 2.05) is 29.7 Å². The van der Waals surface area contributed by atoms with Crippen molar-refractivity contribution in [1.82, 2.24) is 10.4 Å². The van der Waals surface area contributed by atoms with Crippen LogP contribution in [0.2, 0.25) is 0 Å². The lowest BCUT2D eigenvalue weighted by Gasteiger charge is -2.19. The molecule has 1 saturated heterocycles. The van der Waals surface area contributed by atoms with E-state index in [-0.39, 0.29) is 0 Å². The Labute approximate surface area is 113 Å². The standard InChI is InChI=1S/C14H21N3O2/c1-17-9-2-3-13(17)8-10-19-14-6-4-12(5-7-14)15-11-16-18/h4-7,11,13,18H,2-3,8-10H2,1H3,(H,15,16). The maximum Gasteiger partial charge on any atom is 0.119 e. The van der Waals surface area contributed by atoms with Gasteiger partial charge in [0, 0.05) is 6.04 Å². The Morgan fingerprint density at radius 1 is 1.47 bits per heavy atom. The maximum atomic E-state index is 8.40. The SMILES string of the molecule is CN1CCCC1CCOc1ccc(N=CNO)cc1. The summed E-state index contributed by atoms with van der Waals surface area (Å²) in [6, 6.07) is 8.15. The quantitative estimate of drug-likeness (QED) is 0.469. The van der Waals surface area contributed by atoms with Crippen molar-refractivity contribution in [3.05, 3.63) is 24.3 Å². The highest BCUT2D eigenvalue weighted by molar-refractivity contribution is 5.59. The molecule has 1 aliphatic heterocycles. The third kappa shape index (κ3) is 4.22. The minimum Gasteiger partial charge on any atom is -0.494 e. The van der Waals surface area contributed by atoms with E-state index in [4.69, 9.17) is 9.94 Å². The first-order valence-electron chi connectivity index (χ1n) is 6.65. The topological polar surface area (TPSA) is 57.1 Å². The molecule has 0 aromatic heterocycles. The predicted molar refractivity (Wildman–Crippen MR) is 75.3 cm³/mol. The van der Waals surface area contributed by atoms with Gasteiger partial charge in [0.25, 0.3) is 0 Å². The van der Waals surface area contributed by atoms with Crippen molar-refractivity contribution in [2.75, 3.05) is 20.2 Å². The van der Waals surface area contributed by atoms with E-state index >= 15 is 0 Å². The molecule has 5 heteroatoms. The van der Waals surface area contributed by atoms with Crippen LogP contribution in [-0.2, 0) is 0 Å². The number of likely N-dealkylation sites (tertiary alicyclic amines) is 1. The molecular formula is C14H21N3O2. The molecule has 1 aromatic carbocycles. The smallest absolute Gasteiger partial charge is 0.119 e. The van der Waals surface area contributed by atoms with E-state index < -0.39 is 0 Å². The van der Waals surface area contributed by atoms with Crippen molar-refractivity contribution in [1.29, 1.82) is 0 Å². The molecule has 2 N–H and O–H groups in total. The van der Waals surface area contributed by atoms with Crippen LogP contribution in [-0.4, -0.2) is 42.7 Å². The molecule has 104 valence electrons. The van der Waals surface area contributed by atoms with Gasteiger partial charge in [0.05, 0.1) is 12.3 Å². The lowest BCUT2D eigenvalue weighted by molar-refractivity contribution is 0.233. The number of ether oxygens (including phenoxy) is 1. The molecular weight excluding hydrogens is 242 g/mol. The molecule has 1 fully saturated rings. The molecule has 0 radical (unpaired) electrons. The molecule has 1 aromatic rings. The molecule has 19 heavy (non-hydrogen) atoms. The first-order chi connectivity index (χ1) is 9.29. The number of hydrogen-bond donors (Lipinski definition) is 2. The van der Waals surface area contributed by atoms with Gasteiger partial charge in [-0.25, -0.2) is 4.99 Å². The molecule has 1 heterocycles. The molecule has 2 rings (SSSR count). The number of nitrogens with one attached hydrogen (secondary N) is 1. The minimum absolute atomic E-state index is 0.666. The van der Waals surface area contributed by atoms with Crippen molar-refractivity contribution in [3.63, 3.8) is 0 Å². The fourth-order valence-electron chi connectivity index (χ4n) is 2.39. The molecule has 1 unspecified atom stereocenters. The van der Waals surface area contributed by atoms with Crippen LogP contribution in [0.4, 0.5) is 5.69 Å². The Morgan fingerprint density at radius 3 is 2.89 bits per heavy atom. The molecule has 1 aliphatic rings. The van der Waals surface area contributed by atoms with Gasteiger partial charge in [0.15, 0.2) is 0 Å². The number of hydrogen-bond acceptors (Lipinski definition) is 4. The molecule has 0 bridgehead atoms. The van der Waals surface area contributed by atoms with Gasteiger partial charge < -0.3 is 9.64 Å². The Kier molecular flexibility index (Phi) is 5.18. The van der Waals surface area contributed by atoms with Crippen LogP contribution >= 0.6 is 0 Å². The molecule has 0 spiro atoms. The molecule has 5 nitrogen and oxygen atoms in total. The zero-order chi connectivity index (χ0) is 13.5. The normalized spacial score (nSPS) is 20.0. The number of hydroxylamine groups is 1. The average molecular weight is 263 g/mol. The highest BCUT2D eigenvalue weighted by Crippen LogP contribution is 2.20. The predicted octanol–water partition coefficient (Wildman–Crippen LogP) is 2.19. The average Bonchev–Trinajstić information content (AvgIpc) is 2.84. The third-order valence-electron chi connectivity index (χ3n) is 3.50. The summed E-state index contributed by atoms with van der Waals surface area (Å²) in [5, 5.41) is 8.40. The van der Waals surface area contributed by atoms with Crippen molar-refractivity contribution < 1.29 is 9.94 Å². The first kappa shape index (κ1) is 13.8. The third-order valence-corrected chi connectivity index (χ3v) is 3.50. The van der Waals surface area contributed by atoms with E-state index in [1.165, 1.54) is 25.7 Å². The molecule has 1 atom stereocenters. The van der Waals surface area contributed by atoms with Gasteiger partial charge in [0.2, 0.25) is 0 Å². The second-order valence-corrected chi connectivity index (χ2v) is 4.79. The highest BCUT2D eigenvalue weighted by atomic mass is 16.5. The first-order valence-corrected chi connectivity index (χ1v) is 6.65. The summed E-state index contributed by atoms with van der Waals surface area (Å²) >= 11 is 0. The summed E-state index contributed by atoms with van der Waals surface area (Å²) < 4.78 is 5.73. The van der Waals surface area contributed by atoms with Crippen molar-refractivity contribution in [2.24, 2.45) is 4.99 Å². The number of nitrogens with zero attached hydrogens (tertiary/aromatic N) is 2. The van der Waals surface area contributed by atoms with Gasteiger partial charge in [-0.3, -0.25) is 10.7 Å². The van der Waals surface area contributed by atoms with E-state index in [0.29, 0.717) is 6.04 Å². The second-order valence-electron chi connectivity index (χ2n) is 4.79. The van der Waals surface area contributed by atoms with Crippen LogP contribution in [0.1, 0.15) is 19.3 Å². The van der Waals surface area contributed by atoms with Crippen LogP contribution in [0.25, 0.3) is 0 Å². The Bertz CT molecular complexity index is 406. The van der Waals surface area contributed by atoms with Crippen LogP contribution in [0.3, 0.4) is 0 Å². The van der Waals surface area contributed by atoms with E-state index in [2.05, 4.69) is 16.9 Å². The number of rotatable bonds is 6. The van der Waals surface area contributed by atoms with Crippen molar-refractivity contribution >= 4 is 12.0 Å². The van der Waals surface area contributed by atoms with Gasteiger partial charge in [-0.1, -0.05) is 0 Å². The fraction of sp³-hybridized carbons (Fsp3) is 0.500. The van der Waals surface area contributed by atoms with E-state index in [0.717, 1.165) is 24.5 Å². The molecule has 0 aliphatic carbocycles. The highest BCUT2D eigenvalue weighted by Gasteiger charge is 2.20. The number of benzene rings is 1. The number of aliphatic imine (C=N–C) groups is 1. The Balaban J connectivity index is 1.75. The fourth-order valence-corrected chi connectivity index (χ4v) is 2.39. The lowest BCUT2D eigenvalue weighted by Crippen LogP contribution is -2.26.